The summed E-state index contributed by atoms with van der Waals surface area (Å²) in [5.41, 5.74) is 0.282. The molecule has 10 nitrogen and oxygen atoms in total. The second kappa shape index (κ2) is 8.48. The van der Waals surface area contributed by atoms with Gasteiger partial charge in [0.2, 0.25) is 10.0 Å². The van der Waals surface area contributed by atoms with Crippen LogP contribution in [0.1, 0.15) is 15.9 Å². The van der Waals surface area contributed by atoms with Gasteiger partial charge in [-0.2, -0.15) is 9.57 Å². The maximum atomic E-state index is 12.9. The van der Waals surface area contributed by atoms with E-state index in [4.69, 9.17) is 10.00 Å². The molecule has 2 aromatic rings. The fourth-order valence-electron chi connectivity index (χ4n) is 3.16. The lowest BCUT2D eigenvalue weighted by Gasteiger charge is -2.34. The molecule has 30 heavy (non-hydrogen) atoms. The molecule has 0 radical (unpaired) electrons. The zero-order valence-corrected chi connectivity index (χ0v) is 16.8. The van der Waals surface area contributed by atoms with Crippen molar-refractivity contribution in [2.45, 2.75) is 4.90 Å². The molecule has 0 unspecified atom stereocenters. The van der Waals surface area contributed by atoms with Crippen LogP contribution >= 0.6 is 0 Å². The van der Waals surface area contributed by atoms with Crippen LogP contribution < -0.4 is 4.74 Å². The van der Waals surface area contributed by atoms with Crippen molar-refractivity contribution in [3.05, 3.63) is 63.7 Å². The molecule has 1 aliphatic rings. The normalized spacial score (nSPS) is 14.7. The van der Waals surface area contributed by atoms with Crippen LogP contribution in [-0.4, -0.2) is 61.7 Å². The Hall–Kier alpha value is -3.49. The molecular formula is C19H18N4O6S. The minimum Gasteiger partial charge on any atom is -0.490 e. The molecule has 1 heterocycles. The van der Waals surface area contributed by atoms with Gasteiger partial charge in [-0.25, -0.2) is 8.42 Å². The first-order chi connectivity index (χ1) is 14.3. The molecule has 1 saturated heterocycles. The quantitative estimate of drug-likeness (QED) is 0.520. The van der Waals surface area contributed by atoms with Crippen LogP contribution in [-0.2, 0) is 10.0 Å². The molecule has 3 rings (SSSR count). The molecule has 0 saturated carbocycles. The third-order valence-corrected chi connectivity index (χ3v) is 6.64. The lowest BCUT2D eigenvalue weighted by atomic mass is 10.1. The van der Waals surface area contributed by atoms with Crippen LogP contribution in [0.4, 0.5) is 5.69 Å². The van der Waals surface area contributed by atoms with E-state index < -0.39 is 20.6 Å². The molecule has 0 aliphatic carbocycles. The van der Waals surface area contributed by atoms with E-state index in [0.29, 0.717) is 11.1 Å². The largest absolute Gasteiger partial charge is 0.490 e. The maximum absolute atomic E-state index is 12.9. The molecule has 11 heteroatoms. The standard InChI is InChI=1S/C19H18N4O6S/c1-29-18-6-5-16(12-17(18)23(25)26)30(27,28)22-9-7-21(8-10-22)19(24)15-4-2-3-14(11-15)13-20/h2-6,11-12H,7-10H2,1H3. The number of hydrogen-bond donors (Lipinski definition) is 0. The number of ether oxygens (including phenoxy) is 1. The third-order valence-electron chi connectivity index (χ3n) is 4.75. The molecule has 0 aromatic heterocycles. The van der Waals surface area contributed by atoms with Crippen molar-refractivity contribution in [1.82, 2.24) is 9.21 Å². The number of piperazine rings is 1. The van der Waals surface area contributed by atoms with Crippen LogP contribution in [0.15, 0.2) is 47.4 Å². The molecule has 1 amide bonds. The van der Waals surface area contributed by atoms with Crippen LogP contribution in [0.25, 0.3) is 0 Å². The summed E-state index contributed by atoms with van der Waals surface area (Å²) >= 11 is 0. The van der Waals surface area contributed by atoms with E-state index in [2.05, 4.69) is 0 Å². The van der Waals surface area contributed by atoms with Crippen molar-refractivity contribution in [3.63, 3.8) is 0 Å². The first-order valence-electron chi connectivity index (χ1n) is 8.90. The van der Waals surface area contributed by atoms with Gasteiger partial charge in [-0.05, 0) is 30.3 Å². The molecule has 0 atom stereocenters. The number of nitro groups is 1. The van der Waals surface area contributed by atoms with E-state index in [0.717, 1.165) is 6.07 Å². The monoisotopic (exact) mass is 430 g/mol. The van der Waals surface area contributed by atoms with E-state index in [1.54, 1.807) is 18.2 Å². The fraction of sp³-hybridized carbons (Fsp3) is 0.263. The lowest BCUT2D eigenvalue weighted by molar-refractivity contribution is -0.386. The number of methoxy groups -OCH3 is 1. The lowest BCUT2D eigenvalue weighted by Crippen LogP contribution is -2.50. The van der Waals surface area contributed by atoms with Crippen molar-refractivity contribution >= 4 is 21.6 Å². The second-order valence-electron chi connectivity index (χ2n) is 6.48. The van der Waals surface area contributed by atoms with Crippen molar-refractivity contribution in [2.24, 2.45) is 0 Å². The van der Waals surface area contributed by atoms with Gasteiger partial charge in [-0.3, -0.25) is 14.9 Å². The highest BCUT2D eigenvalue weighted by Gasteiger charge is 2.32. The highest BCUT2D eigenvalue weighted by molar-refractivity contribution is 7.89. The van der Waals surface area contributed by atoms with Gasteiger partial charge < -0.3 is 9.64 Å². The number of rotatable bonds is 5. The van der Waals surface area contributed by atoms with Crippen molar-refractivity contribution in [3.8, 4) is 11.8 Å². The van der Waals surface area contributed by atoms with Crippen LogP contribution in [0, 0.1) is 21.4 Å². The summed E-state index contributed by atoms with van der Waals surface area (Å²) < 4.78 is 31.9. The highest BCUT2D eigenvalue weighted by atomic mass is 32.2. The summed E-state index contributed by atoms with van der Waals surface area (Å²) in [5, 5.41) is 20.2. The van der Waals surface area contributed by atoms with Gasteiger partial charge in [0.15, 0.2) is 5.75 Å². The number of nitro benzene ring substituents is 1. The van der Waals surface area contributed by atoms with E-state index in [1.807, 2.05) is 6.07 Å². The summed E-state index contributed by atoms with van der Waals surface area (Å²) in [6.45, 7) is 0.415. The number of benzene rings is 2. The molecule has 156 valence electrons. The Morgan fingerprint density at radius 2 is 1.87 bits per heavy atom. The average molecular weight is 430 g/mol. The second-order valence-corrected chi connectivity index (χ2v) is 8.42. The zero-order valence-electron chi connectivity index (χ0n) is 16.0. The number of nitrogens with zero attached hydrogens (tertiary/aromatic N) is 4. The van der Waals surface area contributed by atoms with E-state index in [-0.39, 0.29) is 42.7 Å². The van der Waals surface area contributed by atoms with Gasteiger partial charge in [0, 0.05) is 37.8 Å². The Bertz CT molecular complexity index is 1130. The Morgan fingerprint density at radius 1 is 1.17 bits per heavy atom. The van der Waals surface area contributed by atoms with Gasteiger partial charge in [0.25, 0.3) is 5.91 Å². The summed E-state index contributed by atoms with van der Waals surface area (Å²) in [4.78, 5) is 24.4. The topological polar surface area (TPSA) is 134 Å². The predicted octanol–water partition coefficient (Wildman–Crippen LogP) is 1.62. The van der Waals surface area contributed by atoms with Gasteiger partial charge in [0.05, 0.1) is 28.6 Å². The first-order valence-corrected chi connectivity index (χ1v) is 10.3. The number of nitriles is 1. The molecular weight excluding hydrogens is 412 g/mol. The molecule has 0 bridgehead atoms. The highest BCUT2D eigenvalue weighted by Crippen LogP contribution is 2.30. The van der Waals surface area contributed by atoms with Crippen molar-refractivity contribution in [2.75, 3.05) is 33.3 Å². The number of sulfonamides is 1. The van der Waals surface area contributed by atoms with Crippen molar-refractivity contribution < 1.29 is 22.9 Å². The van der Waals surface area contributed by atoms with E-state index >= 15 is 0 Å². The molecule has 0 N–H and O–H groups in total. The molecule has 2 aromatic carbocycles. The molecule has 0 spiro atoms. The SMILES string of the molecule is COc1ccc(S(=O)(=O)N2CCN(C(=O)c3cccc(C#N)c3)CC2)cc1[N+](=O)[O-]. The van der Waals surface area contributed by atoms with E-state index in [1.165, 1.54) is 34.5 Å². The van der Waals surface area contributed by atoms with Gasteiger partial charge in [-0.15, -0.1) is 0 Å². The Kier molecular flexibility index (Phi) is 6.00. The minimum atomic E-state index is -3.98. The minimum absolute atomic E-state index is 0.0334. The number of hydrogen-bond acceptors (Lipinski definition) is 7. The van der Waals surface area contributed by atoms with Gasteiger partial charge >= 0.3 is 5.69 Å². The molecule has 1 aliphatic heterocycles. The van der Waals surface area contributed by atoms with Crippen LogP contribution in [0.2, 0.25) is 0 Å². The Labute approximate surface area is 173 Å². The van der Waals surface area contributed by atoms with Gasteiger partial charge in [0.1, 0.15) is 0 Å². The van der Waals surface area contributed by atoms with Gasteiger partial charge in [-0.1, -0.05) is 6.07 Å². The Morgan fingerprint density at radius 3 is 2.47 bits per heavy atom. The summed E-state index contributed by atoms with van der Waals surface area (Å²) in [5.74, 6) is -0.321. The van der Waals surface area contributed by atoms with E-state index in [9.17, 15) is 23.3 Å². The summed E-state index contributed by atoms with van der Waals surface area (Å²) in [6.07, 6.45) is 0. The fourth-order valence-corrected chi connectivity index (χ4v) is 4.60. The summed E-state index contributed by atoms with van der Waals surface area (Å²) in [7, 11) is -2.71. The smallest absolute Gasteiger partial charge is 0.312 e. The maximum Gasteiger partial charge on any atom is 0.312 e. The average Bonchev–Trinajstić information content (AvgIpc) is 2.78. The predicted molar refractivity (Wildman–Crippen MR) is 105 cm³/mol. The first kappa shape index (κ1) is 21.2. The Balaban J connectivity index is 1.75. The molecule has 1 fully saturated rings. The van der Waals surface area contributed by atoms with Crippen molar-refractivity contribution in [1.29, 1.82) is 5.26 Å². The number of carbonyl (C=O) groups excluding carboxylic acids is 1. The third kappa shape index (κ3) is 4.10. The van der Waals surface area contributed by atoms with Crippen LogP contribution in [0.5, 0.6) is 5.75 Å². The summed E-state index contributed by atoms with van der Waals surface area (Å²) in [6, 6.07) is 11.7. The zero-order chi connectivity index (χ0) is 21.9. The van der Waals surface area contributed by atoms with Crippen LogP contribution in [0.3, 0.4) is 0 Å². The number of amides is 1. The number of carbonyl (C=O) groups is 1.